The lowest BCUT2D eigenvalue weighted by Crippen LogP contribution is -2.25. The number of fused-ring (bicyclic) bond motifs is 1. The highest BCUT2D eigenvalue weighted by atomic mass is 16.3. The van der Waals surface area contributed by atoms with Crippen LogP contribution in [-0.2, 0) is 13.0 Å². The summed E-state index contributed by atoms with van der Waals surface area (Å²) in [6, 6.07) is 14.3. The van der Waals surface area contributed by atoms with Gasteiger partial charge >= 0.3 is 0 Å². The second kappa shape index (κ2) is 6.12. The van der Waals surface area contributed by atoms with E-state index in [1.165, 1.54) is 11.3 Å². The van der Waals surface area contributed by atoms with Crippen LogP contribution >= 0.6 is 0 Å². The first kappa shape index (κ1) is 13.8. The fourth-order valence-corrected chi connectivity index (χ4v) is 2.95. The van der Waals surface area contributed by atoms with Gasteiger partial charge in [0.05, 0.1) is 12.8 Å². The molecule has 1 N–H and O–H groups in total. The Bertz CT molecular complexity index is 785. The van der Waals surface area contributed by atoms with E-state index in [2.05, 4.69) is 44.5 Å². The third-order valence-corrected chi connectivity index (χ3v) is 4.06. The Morgan fingerprint density at radius 3 is 3.00 bits per heavy atom. The van der Waals surface area contributed by atoms with Crippen molar-refractivity contribution in [3.05, 3.63) is 66.4 Å². The number of anilines is 3. The summed E-state index contributed by atoms with van der Waals surface area (Å²) in [6.45, 7) is 1.59. The lowest BCUT2D eigenvalue weighted by molar-refractivity contribution is 0.518. The summed E-state index contributed by atoms with van der Waals surface area (Å²) < 4.78 is 5.33. The molecule has 0 atom stereocenters. The Hall–Kier alpha value is -2.82. The van der Waals surface area contributed by atoms with Crippen molar-refractivity contribution in [1.29, 1.82) is 0 Å². The Morgan fingerprint density at radius 2 is 2.09 bits per heavy atom. The highest BCUT2D eigenvalue weighted by molar-refractivity contribution is 5.66. The van der Waals surface area contributed by atoms with Gasteiger partial charge in [-0.2, -0.15) is 0 Å². The number of aromatic nitrogens is 2. The molecule has 0 aliphatic carbocycles. The van der Waals surface area contributed by atoms with Gasteiger partial charge in [-0.1, -0.05) is 18.2 Å². The minimum Gasteiger partial charge on any atom is -0.467 e. The van der Waals surface area contributed by atoms with Gasteiger partial charge in [0, 0.05) is 18.3 Å². The number of benzene rings is 1. The van der Waals surface area contributed by atoms with E-state index in [1.54, 1.807) is 12.6 Å². The predicted octanol–water partition coefficient (Wildman–Crippen LogP) is 3.77. The maximum Gasteiger partial charge on any atom is 0.138 e. The van der Waals surface area contributed by atoms with Gasteiger partial charge < -0.3 is 14.6 Å². The summed E-state index contributed by atoms with van der Waals surface area (Å²) in [5, 5.41) is 3.28. The van der Waals surface area contributed by atoms with Crippen LogP contribution in [0.2, 0.25) is 0 Å². The molecule has 5 heteroatoms. The van der Waals surface area contributed by atoms with Crippen LogP contribution < -0.4 is 10.2 Å². The van der Waals surface area contributed by atoms with Crippen LogP contribution in [0, 0.1) is 0 Å². The van der Waals surface area contributed by atoms with E-state index >= 15 is 0 Å². The predicted molar refractivity (Wildman–Crippen MR) is 89.8 cm³/mol. The topological polar surface area (TPSA) is 54.2 Å². The molecule has 0 saturated heterocycles. The van der Waals surface area contributed by atoms with Gasteiger partial charge in [0.1, 0.15) is 23.7 Å². The van der Waals surface area contributed by atoms with Crippen LogP contribution in [0.5, 0.6) is 0 Å². The lowest BCUT2D eigenvalue weighted by atomic mass is 10.0. The molecule has 1 aromatic carbocycles. The van der Waals surface area contributed by atoms with Crippen LogP contribution in [-0.4, -0.2) is 16.5 Å². The summed E-state index contributed by atoms with van der Waals surface area (Å²) in [5.41, 5.74) is 2.62. The molecule has 116 valence electrons. The summed E-state index contributed by atoms with van der Waals surface area (Å²) in [7, 11) is 0. The smallest absolute Gasteiger partial charge is 0.138 e. The molecular formula is C18H18N4O. The molecule has 0 saturated carbocycles. The molecule has 0 unspecified atom stereocenters. The number of hydrogen-bond acceptors (Lipinski definition) is 5. The molecule has 23 heavy (non-hydrogen) atoms. The van der Waals surface area contributed by atoms with E-state index in [0.29, 0.717) is 6.54 Å². The highest BCUT2D eigenvalue weighted by Gasteiger charge is 2.19. The summed E-state index contributed by atoms with van der Waals surface area (Å²) in [6.07, 6.45) is 5.54. The van der Waals surface area contributed by atoms with Crippen molar-refractivity contribution in [2.45, 2.75) is 19.4 Å². The molecule has 0 amide bonds. The van der Waals surface area contributed by atoms with E-state index in [0.717, 1.165) is 36.8 Å². The molecule has 0 bridgehead atoms. The molecule has 5 nitrogen and oxygen atoms in total. The number of furan rings is 1. The Balaban J connectivity index is 1.57. The molecule has 4 rings (SSSR count). The average Bonchev–Trinajstić information content (AvgIpc) is 3.13. The van der Waals surface area contributed by atoms with Gasteiger partial charge in [-0.25, -0.2) is 9.97 Å². The van der Waals surface area contributed by atoms with Crippen molar-refractivity contribution in [3.8, 4) is 0 Å². The SMILES string of the molecule is c1coc(CNc2cc(N3CCCc4ccccc43)ncn2)c1. The molecule has 0 spiro atoms. The van der Waals surface area contributed by atoms with Gasteiger partial charge in [0.15, 0.2) is 0 Å². The van der Waals surface area contributed by atoms with E-state index in [9.17, 15) is 0 Å². The zero-order chi connectivity index (χ0) is 15.5. The monoisotopic (exact) mass is 306 g/mol. The highest BCUT2D eigenvalue weighted by Crippen LogP contribution is 2.32. The van der Waals surface area contributed by atoms with Gasteiger partial charge in [-0.05, 0) is 36.6 Å². The van der Waals surface area contributed by atoms with E-state index in [4.69, 9.17) is 4.42 Å². The third kappa shape index (κ3) is 2.90. The van der Waals surface area contributed by atoms with E-state index < -0.39 is 0 Å². The van der Waals surface area contributed by atoms with Crippen molar-refractivity contribution in [2.75, 3.05) is 16.8 Å². The van der Waals surface area contributed by atoms with E-state index in [1.807, 2.05) is 18.2 Å². The molecule has 3 heterocycles. The van der Waals surface area contributed by atoms with Gasteiger partial charge in [-0.15, -0.1) is 0 Å². The fourth-order valence-electron chi connectivity index (χ4n) is 2.95. The first-order valence-electron chi connectivity index (χ1n) is 7.84. The molecule has 1 aliphatic rings. The quantitative estimate of drug-likeness (QED) is 0.795. The average molecular weight is 306 g/mol. The second-order valence-corrected chi connectivity index (χ2v) is 5.58. The van der Waals surface area contributed by atoms with Crippen LogP contribution in [0.25, 0.3) is 0 Å². The van der Waals surface area contributed by atoms with Gasteiger partial charge in [0.2, 0.25) is 0 Å². The largest absolute Gasteiger partial charge is 0.467 e. The van der Waals surface area contributed by atoms with Crippen molar-refractivity contribution < 1.29 is 4.42 Å². The number of nitrogens with zero attached hydrogens (tertiary/aromatic N) is 3. The fraction of sp³-hybridized carbons (Fsp3) is 0.222. The second-order valence-electron chi connectivity index (χ2n) is 5.58. The van der Waals surface area contributed by atoms with Crippen LogP contribution in [0.3, 0.4) is 0 Å². The molecule has 1 aliphatic heterocycles. The first-order valence-corrected chi connectivity index (χ1v) is 7.84. The molecule has 0 radical (unpaired) electrons. The normalized spacial score (nSPS) is 13.7. The standard InChI is InChI=1S/C18H18N4O/c1-2-8-16-14(5-1)6-3-9-22(16)18-11-17(20-13-21-18)19-12-15-7-4-10-23-15/h1-2,4-5,7-8,10-11,13H,3,6,9,12H2,(H,19,20,21). The zero-order valence-corrected chi connectivity index (χ0v) is 12.8. The maximum atomic E-state index is 5.33. The molecule has 0 fully saturated rings. The summed E-state index contributed by atoms with van der Waals surface area (Å²) in [4.78, 5) is 11.0. The number of rotatable bonds is 4. The molecule has 2 aromatic heterocycles. The number of hydrogen-bond donors (Lipinski definition) is 1. The van der Waals surface area contributed by atoms with Crippen LogP contribution in [0.4, 0.5) is 17.3 Å². The van der Waals surface area contributed by atoms with Crippen molar-refractivity contribution in [1.82, 2.24) is 9.97 Å². The Labute approximate surface area is 135 Å². The van der Waals surface area contributed by atoms with Crippen molar-refractivity contribution in [2.24, 2.45) is 0 Å². The lowest BCUT2D eigenvalue weighted by Gasteiger charge is -2.30. The number of nitrogens with one attached hydrogen (secondary N) is 1. The minimum absolute atomic E-state index is 0.611. The third-order valence-electron chi connectivity index (χ3n) is 4.06. The first-order chi connectivity index (χ1) is 11.4. The van der Waals surface area contributed by atoms with E-state index in [-0.39, 0.29) is 0 Å². The Morgan fingerprint density at radius 1 is 1.13 bits per heavy atom. The van der Waals surface area contributed by atoms with Crippen LogP contribution in [0.15, 0.2) is 59.5 Å². The maximum absolute atomic E-state index is 5.33. The number of para-hydroxylation sites is 1. The van der Waals surface area contributed by atoms with Crippen molar-refractivity contribution in [3.63, 3.8) is 0 Å². The van der Waals surface area contributed by atoms with Gasteiger partial charge in [0.25, 0.3) is 0 Å². The minimum atomic E-state index is 0.611. The van der Waals surface area contributed by atoms with Crippen molar-refractivity contribution >= 4 is 17.3 Å². The summed E-state index contributed by atoms with van der Waals surface area (Å²) in [5.74, 6) is 2.61. The Kier molecular flexibility index (Phi) is 3.68. The zero-order valence-electron chi connectivity index (χ0n) is 12.8. The van der Waals surface area contributed by atoms with Gasteiger partial charge in [-0.3, -0.25) is 0 Å². The molecular weight excluding hydrogens is 288 g/mol. The van der Waals surface area contributed by atoms with Crippen LogP contribution in [0.1, 0.15) is 17.7 Å². The molecule has 3 aromatic rings. The summed E-state index contributed by atoms with van der Waals surface area (Å²) >= 11 is 0. The number of aryl methyl sites for hydroxylation is 1.